The first-order chi connectivity index (χ1) is 5.12. The smallest absolute Gasteiger partial charge is 0.404 e. The van der Waals surface area contributed by atoms with Crippen molar-refractivity contribution in [2.24, 2.45) is 0 Å². The van der Waals surface area contributed by atoms with Gasteiger partial charge in [-0.2, -0.15) is 0 Å². The van der Waals surface area contributed by atoms with Crippen molar-refractivity contribution in [3.05, 3.63) is 0 Å². The van der Waals surface area contributed by atoms with Crippen molar-refractivity contribution in [1.29, 1.82) is 0 Å². The summed E-state index contributed by atoms with van der Waals surface area (Å²) in [5.74, 6) is 0. The van der Waals surface area contributed by atoms with Gasteiger partial charge in [0, 0.05) is 6.54 Å². The van der Waals surface area contributed by atoms with Crippen LogP contribution in [0, 0.1) is 0 Å². The van der Waals surface area contributed by atoms with Gasteiger partial charge in [0.1, 0.15) is 0 Å². The number of hydrogen-bond acceptors (Lipinski definition) is 3. The Morgan fingerprint density at radius 3 is 2.91 bits per heavy atom. The van der Waals surface area contributed by atoms with Crippen LogP contribution in [0.25, 0.3) is 0 Å². The van der Waals surface area contributed by atoms with E-state index in [2.05, 4.69) is 10.6 Å². The molecule has 0 aliphatic carbocycles. The number of carbonyl (C=O) groups is 1. The molecule has 1 aliphatic rings. The van der Waals surface area contributed by atoms with E-state index in [0.717, 1.165) is 6.54 Å². The largest absolute Gasteiger partial charge is 0.465 e. The van der Waals surface area contributed by atoms with Crippen molar-refractivity contribution in [2.45, 2.75) is 12.0 Å². The van der Waals surface area contributed by atoms with E-state index in [1.807, 2.05) is 0 Å². The Bertz CT molecular complexity index is 154. The van der Waals surface area contributed by atoms with Crippen LogP contribution in [0.1, 0.15) is 6.42 Å². The maximum absolute atomic E-state index is 10.1. The fourth-order valence-corrected chi connectivity index (χ4v) is 1.12. The van der Waals surface area contributed by atoms with Gasteiger partial charge in [-0.3, -0.25) is 0 Å². The summed E-state index contributed by atoms with van der Waals surface area (Å²) in [7, 11) is 0. The minimum atomic E-state index is -1.09. The molecule has 1 heterocycles. The predicted molar refractivity (Wildman–Crippen MR) is 38.5 cm³/mol. The number of hydrogen-bond donors (Lipinski definition) is 4. The molecular weight excluding hydrogens is 148 g/mol. The molecule has 5 nitrogen and oxygen atoms in total. The molecule has 1 atom stereocenters. The lowest BCUT2D eigenvalue weighted by atomic mass is 10.0. The molecule has 4 N–H and O–H groups in total. The predicted octanol–water partition coefficient (Wildman–Crippen LogP) is -1.02. The third kappa shape index (κ3) is 2.36. The summed E-state index contributed by atoms with van der Waals surface area (Å²) in [5.41, 5.74) is -0.877. The zero-order valence-electron chi connectivity index (χ0n) is 6.13. The van der Waals surface area contributed by atoms with Crippen molar-refractivity contribution < 1.29 is 15.0 Å². The van der Waals surface area contributed by atoms with Crippen molar-refractivity contribution in [2.75, 3.05) is 19.6 Å². The zero-order chi connectivity index (χ0) is 8.32. The van der Waals surface area contributed by atoms with E-state index < -0.39 is 11.7 Å². The van der Waals surface area contributed by atoms with E-state index in [4.69, 9.17) is 5.11 Å². The number of aliphatic hydroxyl groups is 1. The summed E-state index contributed by atoms with van der Waals surface area (Å²) < 4.78 is 0. The van der Waals surface area contributed by atoms with Crippen LogP contribution in [0.15, 0.2) is 0 Å². The Hall–Kier alpha value is -0.810. The van der Waals surface area contributed by atoms with E-state index >= 15 is 0 Å². The van der Waals surface area contributed by atoms with Gasteiger partial charge >= 0.3 is 6.09 Å². The second kappa shape index (κ2) is 3.06. The number of nitrogens with one attached hydrogen (secondary N) is 2. The van der Waals surface area contributed by atoms with Crippen molar-refractivity contribution in [3.63, 3.8) is 0 Å². The minimum Gasteiger partial charge on any atom is -0.465 e. The second-order valence-corrected chi connectivity index (χ2v) is 2.81. The van der Waals surface area contributed by atoms with Crippen LogP contribution in [0.4, 0.5) is 4.79 Å². The maximum atomic E-state index is 10.1. The highest BCUT2D eigenvalue weighted by Crippen LogP contribution is 2.11. The first-order valence-electron chi connectivity index (χ1n) is 3.52. The molecular formula is C6H12N2O3. The Morgan fingerprint density at radius 2 is 2.45 bits per heavy atom. The molecule has 1 saturated heterocycles. The number of rotatable bonds is 2. The van der Waals surface area contributed by atoms with Crippen LogP contribution >= 0.6 is 0 Å². The second-order valence-electron chi connectivity index (χ2n) is 2.81. The standard InChI is InChI=1S/C6H12N2O3/c9-5(10)8-4-6(11)1-2-7-3-6/h7-8,11H,1-4H2,(H,9,10)/t6-/m0/s1. The summed E-state index contributed by atoms with van der Waals surface area (Å²) in [6.07, 6.45) is -0.488. The average Bonchev–Trinajstić information content (AvgIpc) is 2.33. The first kappa shape index (κ1) is 8.29. The molecule has 64 valence electrons. The van der Waals surface area contributed by atoms with Gasteiger partial charge in [0.05, 0.1) is 12.1 Å². The average molecular weight is 160 g/mol. The molecule has 0 aromatic rings. The molecule has 0 spiro atoms. The van der Waals surface area contributed by atoms with E-state index in [0.29, 0.717) is 13.0 Å². The summed E-state index contributed by atoms with van der Waals surface area (Å²) in [5, 5.41) is 22.9. The Balaban J connectivity index is 2.28. The van der Waals surface area contributed by atoms with Crippen LogP contribution in [-0.4, -0.2) is 41.5 Å². The summed E-state index contributed by atoms with van der Waals surface area (Å²) in [6.45, 7) is 1.32. The van der Waals surface area contributed by atoms with Gasteiger partial charge in [-0.15, -0.1) is 0 Å². The van der Waals surface area contributed by atoms with Gasteiger partial charge in [0.2, 0.25) is 0 Å². The van der Waals surface area contributed by atoms with E-state index in [1.54, 1.807) is 0 Å². The Kier molecular flexibility index (Phi) is 2.31. The van der Waals surface area contributed by atoms with Gasteiger partial charge in [-0.05, 0) is 13.0 Å². The highest BCUT2D eigenvalue weighted by atomic mass is 16.4. The molecule has 1 aliphatic heterocycles. The third-order valence-electron chi connectivity index (χ3n) is 1.79. The molecule has 1 amide bonds. The quantitative estimate of drug-likeness (QED) is 0.416. The monoisotopic (exact) mass is 160 g/mol. The number of amides is 1. The third-order valence-corrected chi connectivity index (χ3v) is 1.79. The first-order valence-corrected chi connectivity index (χ1v) is 3.52. The summed E-state index contributed by atoms with van der Waals surface area (Å²) >= 11 is 0. The fraction of sp³-hybridized carbons (Fsp3) is 0.833. The molecule has 0 aromatic heterocycles. The van der Waals surface area contributed by atoms with Gasteiger partial charge in [-0.1, -0.05) is 0 Å². The van der Waals surface area contributed by atoms with Crippen LogP contribution in [0.3, 0.4) is 0 Å². The molecule has 11 heavy (non-hydrogen) atoms. The van der Waals surface area contributed by atoms with Crippen molar-refractivity contribution in [1.82, 2.24) is 10.6 Å². The van der Waals surface area contributed by atoms with E-state index in [1.165, 1.54) is 0 Å². The number of carboxylic acid groups (broad SMARTS) is 1. The van der Waals surface area contributed by atoms with Gasteiger partial charge in [-0.25, -0.2) is 4.79 Å². The molecule has 0 radical (unpaired) electrons. The highest BCUT2D eigenvalue weighted by Gasteiger charge is 2.30. The van der Waals surface area contributed by atoms with Crippen molar-refractivity contribution in [3.8, 4) is 0 Å². The van der Waals surface area contributed by atoms with Crippen LogP contribution in [0.5, 0.6) is 0 Å². The van der Waals surface area contributed by atoms with Gasteiger partial charge < -0.3 is 20.8 Å². The fourth-order valence-electron chi connectivity index (χ4n) is 1.12. The van der Waals surface area contributed by atoms with Gasteiger partial charge in [0.25, 0.3) is 0 Å². The molecule has 0 saturated carbocycles. The van der Waals surface area contributed by atoms with Crippen molar-refractivity contribution >= 4 is 6.09 Å². The lowest BCUT2D eigenvalue weighted by Crippen LogP contribution is -2.43. The Morgan fingerprint density at radius 1 is 1.73 bits per heavy atom. The topological polar surface area (TPSA) is 81.6 Å². The van der Waals surface area contributed by atoms with Crippen LogP contribution in [0.2, 0.25) is 0 Å². The maximum Gasteiger partial charge on any atom is 0.404 e. The molecule has 1 rings (SSSR count). The lowest BCUT2D eigenvalue weighted by molar-refractivity contribution is 0.0607. The van der Waals surface area contributed by atoms with Crippen LogP contribution < -0.4 is 10.6 Å². The summed E-state index contributed by atoms with van der Waals surface area (Å²) in [4.78, 5) is 10.1. The SMILES string of the molecule is O=C(O)NC[C@]1(O)CCNC1. The molecule has 5 heteroatoms. The van der Waals surface area contributed by atoms with Crippen LogP contribution in [-0.2, 0) is 0 Å². The zero-order valence-corrected chi connectivity index (χ0v) is 6.13. The summed E-state index contributed by atoms with van der Waals surface area (Å²) in [6, 6.07) is 0. The van der Waals surface area contributed by atoms with E-state index in [-0.39, 0.29) is 6.54 Å². The molecule has 0 unspecified atom stereocenters. The van der Waals surface area contributed by atoms with E-state index in [9.17, 15) is 9.90 Å². The lowest BCUT2D eigenvalue weighted by Gasteiger charge is -2.20. The number of β-amino-alcohol motifs (C(OH)–C–C–N with tert-alkyl or cyclic N) is 1. The molecule has 0 bridgehead atoms. The Labute approximate surface area is 64.4 Å². The normalized spacial score (nSPS) is 30.3. The minimum absolute atomic E-state index is 0.106. The molecule has 1 fully saturated rings. The highest BCUT2D eigenvalue weighted by molar-refractivity contribution is 5.64. The molecule has 0 aromatic carbocycles. The van der Waals surface area contributed by atoms with Gasteiger partial charge in [0.15, 0.2) is 0 Å².